The van der Waals surface area contributed by atoms with Crippen molar-refractivity contribution in [3.05, 3.63) is 77.9 Å². The Morgan fingerprint density at radius 2 is 1.59 bits per heavy atom. The molecule has 3 amide bonds. The van der Waals surface area contributed by atoms with Gasteiger partial charge in [0.15, 0.2) is 0 Å². The molecule has 3 aromatic rings. The van der Waals surface area contributed by atoms with Gasteiger partial charge in [0.1, 0.15) is 17.7 Å². The van der Waals surface area contributed by atoms with Gasteiger partial charge >= 0.3 is 6.09 Å². The van der Waals surface area contributed by atoms with Crippen LogP contribution in [-0.2, 0) is 14.3 Å². The van der Waals surface area contributed by atoms with Gasteiger partial charge in [-0.3, -0.25) is 9.59 Å². The van der Waals surface area contributed by atoms with E-state index >= 15 is 0 Å². The van der Waals surface area contributed by atoms with Crippen molar-refractivity contribution < 1.29 is 19.1 Å². The molecule has 7 nitrogen and oxygen atoms in total. The fraction of sp³-hybridized carbons (Fsp3) is 0.367. The van der Waals surface area contributed by atoms with E-state index in [4.69, 9.17) is 4.74 Å². The highest BCUT2D eigenvalue weighted by atomic mass is 16.6. The molecule has 0 fully saturated rings. The largest absolute Gasteiger partial charge is 0.444 e. The normalized spacial score (nSPS) is 12.9. The predicted octanol–water partition coefficient (Wildman–Crippen LogP) is 5.98. The van der Waals surface area contributed by atoms with E-state index in [9.17, 15) is 14.4 Å². The SMILES string of the molecule is CCCN(C(=O)C(C)NC(=O)OC(C)(C)C)C(C(=O)Nc1ccc2ccccc2c1)c1ccc(C)cc1. The van der Waals surface area contributed by atoms with Crippen LogP contribution in [0, 0.1) is 6.92 Å². The minimum absolute atomic E-state index is 0.328. The summed E-state index contributed by atoms with van der Waals surface area (Å²) in [7, 11) is 0. The number of nitrogens with zero attached hydrogens (tertiary/aromatic N) is 1. The maximum Gasteiger partial charge on any atom is 0.408 e. The second-order valence-electron chi connectivity index (χ2n) is 10.3. The van der Waals surface area contributed by atoms with Crippen molar-refractivity contribution in [1.82, 2.24) is 10.2 Å². The summed E-state index contributed by atoms with van der Waals surface area (Å²) in [5.74, 6) is -0.697. The lowest BCUT2D eigenvalue weighted by molar-refractivity contribution is -0.140. The Kier molecular flexibility index (Phi) is 8.92. The minimum Gasteiger partial charge on any atom is -0.444 e. The number of aryl methyl sites for hydroxylation is 1. The zero-order chi connectivity index (χ0) is 27.2. The molecular weight excluding hydrogens is 466 g/mol. The molecule has 3 aromatic carbocycles. The Labute approximate surface area is 219 Å². The molecule has 2 atom stereocenters. The van der Waals surface area contributed by atoms with Crippen LogP contribution in [0.25, 0.3) is 10.8 Å². The first-order valence-corrected chi connectivity index (χ1v) is 12.6. The predicted molar refractivity (Wildman–Crippen MR) is 147 cm³/mol. The van der Waals surface area contributed by atoms with Crippen LogP contribution < -0.4 is 10.6 Å². The van der Waals surface area contributed by atoms with Gasteiger partial charge in [0, 0.05) is 12.2 Å². The van der Waals surface area contributed by atoms with Crippen molar-refractivity contribution in [2.75, 3.05) is 11.9 Å². The van der Waals surface area contributed by atoms with E-state index in [-0.39, 0.29) is 11.8 Å². The van der Waals surface area contributed by atoms with E-state index in [1.807, 2.05) is 80.6 Å². The molecule has 0 aliphatic rings. The van der Waals surface area contributed by atoms with Gasteiger partial charge in [-0.1, -0.05) is 67.1 Å². The Hall–Kier alpha value is -3.87. The molecule has 0 aliphatic carbocycles. The monoisotopic (exact) mass is 503 g/mol. The van der Waals surface area contributed by atoms with Crippen LogP contribution in [0.5, 0.6) is 0 Å². The number of benzene rings is 3. The summed E-state index contributed by atoms with van der Waals surface area (Å²) in [6.45, 7) is 11.1. The van der Waals surface area contributed by atoms with Crippen LogP contribution in [-0.4, -0.2) is 41.0 Å². The van der Waals surface area contributed by atoms with Crippen molar-refractivity contribution >= 4 is 34.4 Å². The Morgan fingerprint density at radius 3 is 2.22 bits per heavy atom. The molecule has 0 radical (unpaired) electrons. The summed E-state index contributed by atoms with van der Waals surface area (Å²) in [5, 5.41) is 7.70. The van der Waals surface area contributed by atoms with E-state index in [0.717, 1.165) is 16.3 Å². The van der Waals surface area contributed by atoms with Crippen molar-refractivity contribution in [3.8, 4) is 0 Å². The molecule has 0 aliphatic heterocycles. The number of fused-ring (bicyclic) bond motifs is 1. The number of carbonyl (C=O) groups is 3. The molecule has 37 heavy (non-hydrogen) atoms. The summed E-state index contributed by atoms with van der Waals surface area (Å²) >= 11 is 0. The second-order valence-corrected chi connectivity index (χ2v) is 10.3. The van der Waals surface area contributed by atoms with Gasteiger partial charge in [-0.05, 0) is 69.5 Å². The summed E-state index contributed by atoms with van der Waals surface area (Å²) in [4.78, 5) is 41.3. The average Bonchev–Trinajstić information content (AvgIpc) is 2.83. The lowest BCUT2D eigenvalue weighted by Crippen LogP contribution is -2.51. The van der Waals surface area contributed by atoms with Crippen molar-refractivity contribution in [2.24, 2.45) is 0 Å². The molecule has 0 spiro atoms. The van der Waals surface area contributed by atoms with E-state index in [2.05, 4.69) is 10.6 Å². The summed E-state index contributed by atoms with van der Waals surface area (Å²) < 4.78 is 5.32. The molecule has 196 valence electrons. The molecule has 7 heteroatoms. The first-order chi connectivity index (χ1) is 17.5. The van der Waals surface area contributed by atoms with Crippen LogP contribution in [0.4, 0.5) is 10.5 Å². The minimum atomic E-state index is -0.887. The molecule has 0 saturated carbocycles. The lowest BCUT2D eigenvalue weighted by atomic mass is 10.0. The van der Waals surface area contributed by atoms with Gasteiger partial charge in [0.05, 0.1) is 0 Å². The number of anilines is 1. The molecular formula is C30H37N3O4. The van der Waals surface area contributed by atoms with Crippen molar-refractivity contribution in [1.29, 1.82) is 0 Å². The van der Waals surface area contributed by atoms with Gasteiger partial charge in [-0.25, -0.2) is 4.79 Å². The topological polar surface area (TPSA) is 87.7 Å². The molecule has 0 bridgehead atoms. The van der Waals surface area contributed by atoms with Crippen LogP contribution in [0.2, 0.25) is 0 Å². The van der Waals surface area contributed by atoms with Gasteiger partial charge < -0.3 is 20.3 Å². The number of nitrogens with one attached hydrogen (secondary N) is 2. The third-order valence-electron chi connectivity index (χ3n) is 5.82. The molecule has 2 N–H and O–H groups in total. The fourth-order valence-corrected chi connectivity index (χ4v) is 4.10. The maximum atomic E-state index is 13.8. The highest BCUT2D eigenvalue weighted by molar-refractivity contribution is 6.00. The molecule has 0 aromatic heterocycles. The van der Waals surface area contributed by atoms with E-state index in [1.165, 1.54) is 4.90 Å². The van der Waals surface area contributed by atoms with E-state index < -0.39 is 23.8 Å². The maximum absolute atomic E-state index is 13.8. The molecule has 3 rings (SSSR count). The number of hydrogen-bond donors (Lipinski definition) is 2. The molecule has 0 saturated heterocycles. The van der Waals surface area contributed by atoms with Gasteiger partial charge in [0.2, 0.25) is 5.91 Å². The summed E-state index contributed by atoms with van der Waals surface area (Å²) in [5.41, 5.74) is 1.69. The Balaban J connectivity index is 1.92. The Bertz CT molecular complexity index is 1250. The van der Waals surface area contributed by atoms with Crippen molar-refractivity contribution in [2.45, 2.75) is 65.6 Å². The number of alkyl carbamates (subject to hydrolysis) is 1. The highest BCUT2D eigenvalue weighted by Crippen LogP contribution is 2.26. The summed E-state index contributed by atoms with van der Waals surface area (Å²) in [6.07, 6.45) is -0.0476. The number of rotatable bonds is 8. The zero-order valence-corrected chi connectivity index (χ0v) is 22.5. The molecule has 2 unspecified atom stereocenters. The lowest BCUT2D eigenvalue weighted by Gasteiger charge is -2.33. The van der Waals surface area contributed by atoms with Gasteiger partial charge in [-0.15, -0.1) is 0 Å². The number of carbonyl (C=O) groups excluding carboxylic acids is 3. The third kappa shape index (κ3) is 7.56. The second kappa shape index (κ2) is 11.9. The zero-order valence-electron chi connectivity index (χ0n) is 22.5. The number of amides is 3. The molecule has 0 heterocycles. The third-order valence-corrected chi connectivity index (χ3v) is 5.82. The smallest absolute Gasteiger partial charge is 0.408 e. The van der Waals surface area contributed by atoms with Gasteiger partial charge in [0.25, 0.3) is 5.91 Å². The average molecular weight is 504 g/mol. The fourth-order valence-electron chi connectivity index (χ4n) is 4.10. The van der Waals surface area contributed by atoms with E-state index in [0.29, 0.717) is 24.2 Å². The number of hydrogen-bond acceptors (Lipinski definition) is 4. The van der Waals surface area contributed by atoms with Crippen LogP contribution in [0.15, 0.2) is 66.7 Å². The first kappa shape index (κ1) is 27.7. The number of ether oxygens (including phenoxy) is 1. The highest BCUT2D eigenvalue weighted by Gasteiger charge is 2.34. The van der Waals surface area contributed by atoms with Crippen LogP contribution in [0.3, 0.4) is 0 Å². The van der Waals surface area contributed by atoms with Crippen LogP contribution >= 0.6 is 0 Å². The van der Waals surface area contributed by atoms with E-state index in [1.54, 1.807) is 27.7 Å². The van der Waals surface area contributed by atoms with Crippen LogP contribution in [0.1, 0.15) is 58.2 Å². The first-order valence-electron chi connectivity index (χ1n) is 12.6. The standard InChI is InChI=1S/C30H37N3O4/c1-7-18-33(28(35)21(3)31-29(36)37-30(4,5)6)26(23-14-12-20(2)13-15-23)27(34)32-25-17-16-22-10-8-9-11-24(22)19-25/h8-17,19,21,26H,7,18H2,1-6H3,(H,31,36)(H,32,34). The summed E-state index contributed by atoms with van der Waals surface area (Å²) in [6, 6.07) is 19.4. The quantitative estimate of drug-likeness (QED) is 0.396. The van der Waals surface area contributed by atoms with Crippen molar-refractivity contribution in [3.63, 3.8) is 0 Å². The Morgan fingerprint density at radius 1 is 0.946 bits per heavy atom. The van der Waals surface area contributed by atoms with Gasteiger partial charge in [-0.2, -0.15) is 0 Å².